The molecule has 0 saturated carbocycles. The van der Waals surface area contributed by atoms with Crippen molar-refractivity contribution in [3.63, 3.8) is 0 Å². The number of para-hydroxylation sites is 1. The number of hydrazine groups is 1. The van der Waals surface area contributed by atoms with Crippen LogP contribution in [0.3, 0.4) is 0 Å². The molecule has 88 valence electrons. The molecule has 0 atom stereocenters. The topological polar surface area (TPSA) is 92.5 Å². The molecule has 1 aliphatic rings. The molecule has 1 aromatic rings. The molecule has 1 aromatic carbocycles. The molecule has 17 heavy (non-hydrogen) atoms. The predicted molar refractivity (Wildman–Crippen MR) is 63.2 cm³/mol. The number of carbonyl (C=O) groups excluding carboxylic acids is 3. The highest BCUT2D eigenvalue weighted by atomic mass is 79.9. The average molecular weight is 298 g/mol. The van der Waals surface area contributed by atoms with Gasteiger partial charge in [0.15, 0.2) is 0 Å². The molecule has 0 fully saturated rings. The first kappa shape index (κ1) is 11.7. The third-order valence-corrected chi connectivity index (χ3v) is 3.04. The van der Waals surface area contributed by atoms with Crippen molar-refractivity contribution in [3.8, 4) is 0 Å². The summed E-state index contributed by atoms with van der Waals surface area (Å²) in [6.45, 7) is -0.281. The van der Waals surface area contributed by atoms with Gasteiger partial charge in [0.05, 0.1) is 11.3 Å². The second-order valence-electron chi connectivity index (χ2n) is 3.42. The summed E-state index contributed by atoms with van der Waals surface area (Å²) in [6.07, 6.45) is 0. The normalized spacial score (nSPS) is 13.9. The Morgan fingerprint density at radius 2 is 2.12 bits per heavy atom. The Hall–Kier alpha value is -1.73. The molecule has 2 rings (SSSR count). The van der Waals surface area contributed by atoms with Gasteiger partial charge in [-0.2, -0.15) is 0 Å². The second kappa shape index (κ2) is 4.27. The zero-order chi connectivity index (χ0) is 12.6. The lowest BCUT2D eigenvalue weighted by Gasteiger charge is -2.16. The van der Waals surface area contributed by atoms with E-state index in [0.29, 0.717) is 10.2 Å². The number of rotatable bonds is 2. The number of ketones is 1. The molecule has 3 N–H and O–H groups in total. The number of halogens is 1. The lowest BCUT2D eigenvalue weighted by atomic mass is 10.1. The largest absolute Gasteiger partial charge is 0.299 e. The Kier molecular flexibility index (Phi) is 2.95. The fourth-order valence-electron chi connectivity index (χ4n) is 1.65. The molecule has 0 aliphatic carbocycles. The lowest BCUT2D eigenvalue weighted by molar-refractivity contribution is -0.122. The van der Waals surface area contributed by atoms with Crippen molar-refractivity contribution in [2.75, 3.05) is 11.4 Å². The van der Waals surface area contributed by atoms with E-state index in [2.05, 4.69) is 15.9 Å². The molecule has 0 saturated heterocycles. The summed E-state index contributed by atoms with van der Waals surface area (Å²) in [7, 11) is 0. The molecule has 7 heteroatoms. The van der Waals surface area contributed by atoms with E-state index in [4.69, 9.17) is 5.84 Å². The first-order chi connectivity index (χ1) is 8.06. The maximum absolute atomic E-state index is 11.7. The third kappa shape index (κ3) is 1.83. The van der Waals surface area contributed by atoms with E-state index < -0.39 is 17.6 Å². The maximum atomic E-state index is 11.7. The summed E-state index contributed by atoms with van der Waals surface area (Å²) < 4.78 is 0.582. The van der Waals surface area contributed by atoms with Crippen molar-refractivity contribution in [1.82, 2.24) is 5.43 Å². The number of hydrogen-bond acceptors (Lipinski definition) is 4. The van der Waals surface area contributed by atoms with E-state index in [9.17, 15) is 14.4 Å². The number of amides is 2. The summed E-state index contributed by atoms with van der Waals surface area (Å²) in [5.74, 6) is 3.06. The van der Waals surface area contributed by atoms with Gasteiger partial charge in [-0.1, -0.05) is 6.07 Å². The van der Waals surface area contributed by atoms with Gasteiger partial charge in [-0.15, -0.1) is 0 Å². The molecular formula is C10H8BrN3O3. The lowest BCUT2D eigenvalue weighted by Crippen LogP contribution is -2.42. The van der Waals surface area contributed by atoms with Gasteiger partial charge in [-0.05, 0) is 28.1 Å². The number of anilines is 1. The molecule has 0 unspecified atom stereocenters. The minimum atomic E-state index is -0.726. The van der Waals surface area contributed by atoms with Crippen LogP contribution in [0.2, 0.25) is 0 Å². The van der Waals surface area contributed by atoms with Gasteiger partial charge in [-0.3, -0.25) is 24.7 Å². The predicted octanol–water partition coefficient (Wildman–Crippen LogP) is -0.0317. The van der Waals surface area contributed by atoms with Crippen LogP contribution < -0.4 is 16.2 Å². The summed E-state index contributed by atoms with van der Waals surface area (Å²) in [5, 5.41) is 0. The quantitative estimate of drug-likeness (QED) is 0.347. The van der Waals surface area contributed by atoms with E-state index in [1.165, 1.54) is 0 Å². The van der Waals surface area contributed by atoms with Crippen molar-refractivity contribution in [2.24, 2.45) is 5.84 Å². The Morgan fingerprint density at radius 1 is 1.41 bits per heavy atom. The summed E-state index contributed by atoms with van der Waals surface area (Å²) in [5.41, 5.74) is 2.61. The first-order valence-electron chi connectivity index (χ1n) is 4.70. The fourth-order valence-corrected chi connectivity index (χ4v) is 2.23. The zero-order valence-electron chi connectivity index (χ0n) is 8.57. The van der Waals surface area contributed by atoms with E-state index in [1.54, 1.807) is 18.2 Å². The van der Waals surface area contributed by atoms with Crippen molar-refractivity contribution in [3.05, 3.63) is 28.2 Å². The van der Waals surface area contributed by atoms with E-state index in [-0.39, 0.29) is 12.1 Å². The fraction of sp³-hybridized carbons (Fsp3) is 0.100. The average Bonchev–Trinajstić information content (AvgIpc) is 2.56. The number of Topliss-reactive ketones (excluding diaryl/α,β-unsaturated/α-hetero) is 1. The van der Waals surface area contributed by atoms with Crippen LogP contribution in [-0.4, -0.2) is 24.1 Å². The maximum Gasteiger partial charge on any atom is 0.299 e. The van der Waals surface area contributed by atoms with Crippen LogP contribution in [0.5, 0.6) is 0 Å². The van der Waals surface area contributed by atoms with E-state index in [0.717, 1.165) is 4.90 Å². The number of nitrogens with zero attached hydrogens (tertiary/aromatic N) is 1. The molecule has 0 bridgehead atoms. The van der Waals surface area contributed by atoms with E-state index >= 15 is 0 Å². The smallest absolute Gasteiger partial charge is 0.294 e. The highest BCUT2D eigenvalue weighted by Gasteiger charge is 2.37. The van der Waals surface area contributed by atoms with Gasteiger partial charge in [0.1, 0.15) is 6.54 Å². The Morgan fingerprint density at radius 3 is 2.76 bits per heavy atom. The number of nitrogens with two attached hydrogens (primary N) is 1. The van der Waals surface area contributed by atoms with Gasteiger partial charge in [0.25, 0.3) is 17.6 Å². The van der Waals surface area contributed by atoms with Crippen LogP contribution in [0.25, 0.3) is 0 Å². The van der Waals surface area contributed by atoms with Gasteiger partial charge < -0.3 is 0 Å². The van der Waals surface area contributed by atoms with Crippen LogP contribution in [0.1, 0.15) is 10.4 Å². The summed E-state index contributed by atoms with van der Waals surface area (Å²) in [4.78, 5) is 35.6. The summed E-state index contributed by atoms with van der Waals surface area (Å²) in [6, 6.07) is 4.89. The molecular weight excluding hydrogens is 290 g/mol. The highest BCUT2D eigenvalue weighted by Crippen LogP contribution is 2.35. The van der Waals surface area contributed by atoms with Crippen LogP contribution in [-0.2, 0) is 9.59 Å². The number of nitrogens with one attached hydrogen (secondary N) is 1. The number of fused-ring (bicyclic) bond motifs is 1. The Balaban J connectivity index is 2.47. The zero-order valence-corrected chi connectivity index (χ0v) is 10.2. The van der Waals surface area contributed by atoms with Crippen LogP contribution in [0.15, 0.2) is 22.7 Å². The van der Waals surface area contributed by atoms with Crippen molar-refractivity contribution in [1.29, 1.82) is 0 Å². The highest BCUT2D eigenvalue weighted by molar-refractivity contribution is 9.10. The van der Waals surface area contributed by atoms with Gasteiger partial charge in [0, 0.05) is 4.47 Å². The molecule has 0 radical (unpaired) electrons. The van der Waals surface area contributed by atoms with E-state index in [1.807, 2.05) is 5.43 Å². The van der Waals surface area contributed by atoms with Gasteiger partial charge >= 0.3 is 0 Å². The molecule has 2 amide bonds. The standard InChI is InChI=1S/C10H8BrN3O3/c11-6-3-1-2-5-8(6)14(4-7(15)13-12)10(17)9(5)16/h1-3H,4,12H2,(H,13,15). The third-order valence-electron chi connectivity index (χ3n) is 2.40. The first-order valence-corrected chi connectivity index (χ1v) is 5.49. The summed E-state index contributed by atoms with van der Waals surface area (Å²) >= 11 is 3.25. The number of carbonyl (C=O) groups is 3. The number of hydrogen-bond donors (Lipinski definition) is 2. The molecule has 6 nitrogen and oxygen atoms in total. The Bertz CT molecular complexity index is 530. The second-order valence-corrected chi connectivity index (χ2v) is 4.28. The van der Waals surface area contributed by atoms with Crippen LogP contribution >= 0.6 is 15.9 Å². The van der Waals surface area contributed by atoms with Crippen molar-refractivity contribution < 1.29 is 14.4 Å². The van der Waals surface area contributed by atoms with Crippen molar-refractivity contribution >= 4 is 39.2 Å². The SMILES string of the molecule is NNC(=O)CN1C(=O)C(=O)c2cccc(Br)c21. The molecule has 1 aliphatic heterocycles. The van der Waals surface area contributed by atoms with Crippen molar-refractivity contribution in [2.45, 2.75) is 0 Å². The van der Waals surface area contributed by atoms with Crippen LogP contribution in [0.4, 0.5) is 5.69 Å². The van der Waals surface area contributed by atoms with Crippen LogP contribution in [0, 0.1) is 0 Å². The minimum Gasteiger partial charge on any atom is -0.294 e. The number of benzene rings is 1. The van der Waals surface area contributed by atoms with Gasteiger partial charge in [0.2, 0.25) is 0 Å². The molecule has 0 aromatic heterocycles. The Labute approximate surface area is 105 Å². The molecule has 0 spiro atoms. The monoisotopic (exact) mass is 297 g/mol. The molecule has 1 heterocycles. The minimum absolute atomic E-state index is 0.281. The van der Waals surface area contributed by atoms with Gasteiger partial charge in [-0.25, -0.2) is 5.84 Å².